The number of H-pyrrole nitrogens is 1. The molecule has 1 saturated heterocycles. The number of ether oxygens (including phenoxy) is 2. The first-order valence-corrected chi connectivity index (χ1v) is 10.8. The molecule has 2 aromatic carbocycles. The summed E-state index contributed by atoms with van der Waals surface area (Å²) >= 11 is 6.14. The minimum Gasteiger partial charge on any atom is -0.496 e. The van der Waals surface area contributed by atoms with E-state index in [1.54, 1.807) is 24.3 Å². The van der Waals surface area contributed by atoms with E-state index in [2.05, 4.69) is 4.98 Å². The van der Waals surface area contributed by atoms with Crippen molar-refractivity contribution in [1.82, 2.24) is 9.29 Å². The zero-order valence-corrected chi connectivity index (χ0v) is 17.2. The molecule has 1 N–H and O–H groups in total. The second-order valence-corrected chi connectivity index (χ2v) is 8.97. The quantitative estimate of drug-likeness (QED) is 0.622. The third-order valence-electron chi connectivity index (χ3n) is 4.97. The maximum atomic E-state index is 13.0. The molecular weight excluding hydrogens is 416 g/mol. The van der Waals surface area contributed by atoms with Gasteiger partial charge in [0.15, 0.2) is 6.29 Å². The number of methoxy groups -OCH3 is 1. The summed E-state index contributed by atoms with van der Waals surface area (Å²) in [6.45, 7) is 1.34. The fourth-order valence-electron chi connectivity index (χ4n) is 3.50. The minimum absolute atomic E-state index is 0.138. The topological polar surface area (TPSA) is 88.7 Å². The molecule has 1 fully saturated rings. The number of morpholine rings is 1. The van der Waals surface area contributed by atoms with Gasteiger partial charge in [-0.15, -0.1) is 0 Å². The Bertz CT molecular complexity index is 1180. The summed E-state index contributed by atoms with van der Waals surface area (Å²) < 4.78 is 38.0. The normalized spacial score (nSPS) is 15.5. The molecule has 7 nitrogen and oxygen atoms in total. The number of nitrogens with one attached hydrogen (secondary N) is 1. The van der Waals surface area contributed by atoms with Crippen molar-refractivity contribution < 1.29 is 22.7 Å². The third kappa shape index (κ3) is 3.53. The predicted octanol–water partition coefficient (Wildman–Crippen LogP) is 3.33. The average Bonchev–Trinajstić information content (AvgIpc) is 3.12. The number of carbonyl (C=O) groups excluding carboxylic acids is 1. The largest absolute Gasteiger partial charge is 0.496 e. The highest BCUT2D eigenvalue weighted by atomic mass is 35.5. The van der Waals surface area contributed by atoms with Crippen molar-refractivity contribution in [2.75, 3.05) is 33.4 Å². The number of halogens is 1. The molecule has 0 amide bonds. The number of nitrogens with zero attached hydrogens (tertiary/aromatic N) is 1. The monoisotopic (exact) mass is 434 g/mol. The van der Waals surface area contributed by atoms with Gasteiger partial charge in [-0.25, -0.2) is 8.42 Å². The van der Waals surface area contributed by atoms with E-state index in [0.29, 0.717) is 71.1 Å². The van der Waals surface area contributed by atoms with Gasteiger partial charge in [0.05, 0.1) is 30.9 Å². The number of aromatic amines is 1. The maximum absolute atomic E-state index is 13.0. The molecule has 29 heavy (non-hydrogen) atoms. The van der Waals surface area contributed by atoms with Gasteiger partial charge in [0.1, 0.15) is 5.75 Å². The van der Waals surface area contributed by atoms with Crippen LogP contribution in [0.15, 0.2) is 41.3 Å². The Morgan fingerprint density at radius 3 is 2.62 bits per heavy atom. The number of aromatic nitrogens is 1. The lowest BCUT2D eigenvalue weighted by atomic mass is 10.1. The molecule has 0 aliphatic carbocycles. The number of carbonyl (C=O) groups is 1. The van der Waals surface area contributed by atoms with Crippen LogP contribution in [0.5, 0.6) is 5.75 Å². The van der Waals surface area contributed by atoms with Crippen molar-refractivity contribution in [2.24, 2.45) is 0 Å². The van der Waals surface area contributed by atoms with Gasteiger partial charge in [-0.1, -0.05) is 11.6 Å². The average molecular weight is 435 g/mol. The Balaban J connectivity index is 1.87. The smallest absolute Gasteiger partial charge is 0.243 e. The summed E-state index contributed by atoms with van der Waals surface area (Å²) in [7, 11) is -2.14. The molecule has 0 bridgehead atoms. The highest BCUT2D eigenvalue weighted by molar-refractivity contribution is 7.89. The zero-order valence-electron chi connectivity index (χ0n) is 15.6. The molecule has 9 heteroatoms. The van der Waals surface area contributed by atoms with Crippen LogP contribution in [0.3, 0.4) is 0 Å². The fourth-order valence-corrected chi connectivity index (χ4v) is 5.11. The summed E-state index contributed by atoms with van der Waals surface area (Å²) in [5, 5.41) is 1.01. The van der Waals surface area contributed by atoms with Crippen LogP contribution in [0.2, 0.25) is 5.02 Å². The van der Waals surface area contributed by atoms with Gasteiger partial charge in [0, 0.05) is 40.1 Å². The summed E-state index contributed by atoms with van der Waals surface area (Å²) in [5.41, 5.74) is 2.14. The van der Waals surface area contributed by atoms with Crippen LogP contribution in [0.25, 0.3) is 22.2 Å². The lowest BCUT2D eigenvalue weighted by molar-refractivity contribution is 0.0730. The number of hydrogen-bond donors (Lipinski definition) is 1. The number of sulfonamides is 1. The minimum atomic E-state index is -3.68. The molecular formula is C20H19ClN2O5S. The molecule has 4 rings (SSSR count). The van der Waals surface area contributed by atoms with Crippen LogP contribution < -0.4 is 4.74 Å². The van der Waals surface area contributed by atoms with Crippen LogP contribution in [-0.2, 0) is 14.8 Å². The Morgan fingerprint density at radius 2 is 1.93 bits per heavy atom. The van der Waals surface area contributed by atoms with Crippen molar-refractivity contribution in [3.8, 4) is 17.0 Å². The van der Waals surface area contributed by atoms with Crippen molar-refractivity contribution in [1.29, 1.82) is 0 Å². The standard InChI is InChI=1S/C20H19ClN2O5S/c1-27-19-5-2-13(21)10-16(19)20-17(12-24)15-11-14(3-4-18(15)22-20)29(25,26)23-6-8-28-9-7-23/h2-5,10-12,22H,6-9H2,1H3. The highest BCUT2D eigenvalue weighted by Crippen LogP contribution is 2.37. The lowest BCUT2D eigenvalue weighted by Gasteiger charge is -2.26. The molecule has 3 aromatic rings. The molecule has 0 radical (unpaired) electrons. The van der Waals surface area contributed by atoms with E-state index in [1.165, 1.54) is 23.5 Å². The van der Waals surface area contributed by atoms with E-state index in [1.807, 2.05) is 0 Å². The van der Waals surface area contributed by atoms with Crippen LogP contribution in [0, 0.1) is 0 Å². The van der Waals surface area contributed by atoms with Crippen LogP contribution >= 0.6 is 11.6 Å². The van der Waals surface area contributed by atoms with E-state index in [0.717, 1.165) is 0 Å². The van der Waals surface area contributed by atoms with Gasteiger partial charge in [-0.05, 0) is 36.4 Å². The van der Waals surface area contributed by atoms with E-state index in [4.69, 9.17) is 21.1 Å². The molecule has 0 spiro atoms. The van der Waals surface area contributed by atoms with Crippen LogP contribution in [-0.4, -0.2) is 57.4 Å². The second kappa shape index (κ2) is 7.79. The summed E-state index contributed by atoms with van der Waals surface area (Å²) in [4.78, 5) is 15.3. The first-order chi connectivity index (χ1) is 14.0. The molecule has 0 unspecified atom stereocenters. The second-order valence-electron chi connectivity index (χ2n) is 6.60. The Labute approximate surface area is 173 Å². The van der Waals surface area contributed by atoms with Gasteiger partial charge in [-0.3, -0.25) is 4.79 Å². The zero-order chi connectivity index (χ0) is 20.6. The molecule has 2 heterocycles. The van der Waals surface area contributed by atoms with Gasteiger partial charge >= 0.3 is 0 Å². The summed E-state index contributed by atoms with van der Waals surface area (Å²) in [6.07, 6.45) is 0.708. The van der Waals surface area contributed by atoms with E-state index >= 15 is 0 Å². The maximum Gasteiger partial charge on any atom is 0.243 e. The van der Waals surface area contributed by atoms with Crippen molar-refractivity contribution in [2.45, 2.75) is 4.90 Å². The number of hydrogen-bond acceptors (Lipinski definition) is 5. The van der Waals surface area contributed by atoms with Crippen LogP contribution in [0.4, 0.5) is 0 Å². The molecule has 1 aromatic heterocycles. The van der Waals surface area contributed by atoms with E-state index < -0.39 is 10.0 Å². The number of aldehydes is 1. The van der Waals surface area contributed by atoms with E-state index in [-0.39, 0.29) is 4.90 Å². The molecule has 0 saturated carbocycles. The van der Waals surface area contributed by atoms with Gasteiger partial charge in [0.2, 0.25) is 10.0 Å². The Kier molecular flexibility index (Phi) is 5.35. The fraction of sp³-hybridized carbons (Fsp3) is 0.250. The summed E-state index contributed by atoms with van der Waals surface area (Å²) in [6, 6.07) is 9.84. The van der Waals surface area contributed by atoms with Crippen molar-refractivity contribution in [3.05, 3.63) is 47.0 Å². The highest BCUT2D eigenvalue weighted by Gasteiger charge is 2.27. The van der Waals surface area contributed by atoms with Crippen LogP contribution in [0.1, 0.15) is 10.4 Å². The van der Waals surface area contributed by atoms with Gasteiger partial charge < -0.3 is 14.5 Å². The molecule has 0 atom stereocenters. The third-order valence-corrected chi connectivity index (χ3v) is 7.10. The number of benzene rings is 2. The predicted molar refractivity (Wildman–Crippen MR) is 110 cm³/mol. The molecule has 1 aliphatic rings. The van der Waals surface area contributed by atoms with Gasteiger partial charge in [0.25, 0.3) is 0 Å². The number of rotatable bonds is 5. The first kappa shape index (κ1) is 19.9. The SMILES string of the molecule is COc1ccc(Cl)cc1-c1[nH]c2ccc(S(=O)(=O)N3CCOCC3)cc2c1C=O. The molecule has 152 valence electrons. The Morgan fingerprint density at radius 1 is 1.17 bits per heavy atom. The van der Waals surface area contributed by atoms with Gasteiger partial charge in [-0.2, -0.15) is 4.31 Å². The first-order valence-electron chi connectivity index (χ1n) is 8.98. The Hall–Kier alpha value is -2.39. The molecule has 1 aliphatic heterocycles. The van der Waals surface area contributed by atoms with E-state index in [9.17, 15) is 13.2 Å². The van der Waals surface area contributed by atoms with Crippen molar-refractivity contribution in [3.63, 3.8) is 0 Å². The van der Waals surface area contributed by atoms with Crippen molar-refractivity contribution >= 4 is 38.8 Å². The summed E-state index contributed by atoms with van der Waals surface area (Å²) in [5.74, 6) is 0.546. The lowest BCUT2D eigenvalue weighted by Crippen LogP contribution is -2.40. The number of fused-ring (bicyclic) bond motifs is 1.